The van der Waals surface area contributed by atoms with Gasteiger partial charge < -0.3 is 4.98 Å². The van der Waals surface area contributed by atoms with Gasteiger partial charge >= 0.3 is 0 Å². The summed E-state index contributed by atoms with van der Waals surface area (Å²) in [5.41, 5.74) is 4.84. The van der Waals surface area contributed by atoms with Gasteiger partial charge in [-0.1, -0.05) is 11.6 Å². The van der Waals surface area contributed by atoms with Crippen molar-refractivity contribution in [3.63, 3.8) is 0 Å². The molecular formula is C14H12N. The highest BCUT2D eigenvalue weighted by Gasteiger charge is 2.03. The monoisotopic (exact) mass is 194 g/mol. The topological polar surface area (TPSA) is 15.8 Å². The van der Waals surface area contributed by atoms with E-state index in [0.717, 1.165) is 5.52 Å². The number of aryl methyl sites for hydroxylation is 2. The van der Waals surface area contributed by atoms with Crippen LogP contribution < -0.4 is 0 Å². The summed E-state index contributed by atoms with van der Waals surface area (Å²) in [6.45, 7) is 4.22. The van der Waals surface area contributed by atoms with Crippen LogP contribution in [0.3, 0.4) is 0 Å². The Hall–Kier alpha value is -1.76. The SMILES string of the molecule is Cc1c[c]c2[nH]c3ccc(C)cc3c2c1. The zero-order valence-electron chi connectivity index (χ0n) is 8.89. The van der Waals surface area contributed by atoms with E-state index < -0.39 is 0 Å². The molecule has 0 aliphatic carbocycles. The third-order valence-corrected chi connectivity index (χ3v) is 2.81. The van der Waals surface area contributed by atoms with Gasteiger partial charge in [-0.15, -0.1) is 0 Å². The lowest BCUT2D eigenvalue weighted by molar-refractivity contribution is 1.47. The summed E-state index contributed by atoms with van der Waals surface area (Å²) in [6.07, 6.45) is 0. The summed E-state index contributed by atoms with van der Waals surface area (Å²) in [5.74, 6) is 0. The molecule has 1 N–H and O–H groups in total. The summed E-state index contributed by atoms with van der Waals surface area (Å²) in [5, 5.41) is 2.57. The second-order valence-electron chi connectivity index (χ2n) is 4.14. The zero-order chi connectivity index (χ0) is 10.4. The summed E-state index contributed by atoms with van der Waals surface area (Å²) < 4.78 is 0. The molecule has 1 heterocycles. The molecule has 1 radical (unpaired) electrons. The molecule has 73 valence electrons. The standard InChI is InChI=1S/C14H12N/c1-9-3-5-13-11(7-9)12-8-10(2)4-6-14(12)15-13/h3-5,7-8,15H,1-2H3. The fourth-order valence-corrected chi connectivity index (χ4v) is 2.05. The Morgan fingerprint density at radius 1 is 1.00 bits per heavy atom. The van der Waals surface area contributed by atoms with Crippen molar-refractivity contribution in [3.05, 3.63) is 47.5 Å². The van der Waals surface area contributed by atoms with Crippen LogP contribution >= 0.6 is 0 Å². The number of hydrogen-bond donors (Lipinski definition) is 1. The Labute approximate surface area is 88.7 Å². The Bertz CT molecular complexity index is 591. The van der Waals surface area contributed by atoms with Gasteiger partial charge in [0.1, 0.15) is 0 Å². The number of fused-ring (bicyclic) bond motifs is 3. The van der Waals surface area contributed by atoms with E-state index in [0.29, 0.717) is 0 Å². The van der Waals surface area contributed by atoms with Crippen LogP contribution in [0.5, 0.6) is 0 Å². The van der Waals surface area contributed by atoms with Gasteiger partial charge in [-0.05, 0) is 43.7 Å². The molecule has 2 aromatic carbocycles. The lowest BCUT2D eigenvalue weighted by atomic mass is 10.1. The van der Waals surface area contributed by atoms with Crippen molar-refractivity contribution in [1.82, 2.24) is 4.98 Å². The second kappa shape index (κ2) is 2.86. The molecule has 0 amide bonds. The maximum absolute atomic E-state index is 3.38. The number of nitrogens with one attached hydrogen (secondary N) is 1. The van der Waals surface area contributed by atoms with Crippen LogP contribution in [0.2, 0.25) is 0 Å². The quantitative estimate of drug-likeness (QED) is 0.561. The van der Waals surface area contributed by atoms with Gasteiger partial charge in [0.05, 0.1) is 5.52 Å². The van der Waals surface area contributed by atoms with Crippen molar-refractivity contribution >= 4 is 21.8 Å². The first-order valence-electron chi connectivity index (χ1n) is 5.14. The van der Waals surface area contributed by atoms with E-state index in [4.69, 9.17) is 0 Å². The molecule has 0 fully saturated rings. The van der Waals surface area contributed by atoms with Crippen molar-refractivity contribution in [3.8, 4) is 0 Å². The molecule has 0 unspecified atom stereocenters. The molecule has 1 aromatic heterocycles. The molecule has 3 rings (SSSR count). The smallest absolute Gasteiger partial charge is 0.0545 e. The third-order valence-electron chi connectivity index (χ3n) is 2.81. The molecule has 0 aliphatic rings. The van der Waals surface area contributed by atoms with Crippen LogP contribution in [0.15, 0.2) is 30.3 Å². The van der Waals surface area contributed by atoms with Crippen LogP contribution in [0.25, 0.3) is 21.8 Å². The summed E-state index contributed by atoms with van der Waals surface area (Å²) in [7, 11) is 0. The first-order chi connectivity index (χ1) is 7.24. The van der Waals surface area contributed by atoms with Crippen LogP contribution in [0.4, 0.5) is 0 Å². The molecular weight excluding hydrogens is 182 g/mol. The first-order valence-corrected chi connectivity index (χ1v) is 5.14. The van der Waals surface area contributed by atoms with Crippen molar-refractivity contribution in [2.45, 2.75) is 13.8 Å². The van der Waals surface area contributed by atoms with Gasteiger partial charge in [0.2, 0.25) is 0 Å². The van der Waals surface area contributed by atoms with E-state index in [1.54, 1.807) is 0 Å². The molecule has 1 nitrogen and oxygen atoms in total. The number of aromatic amines is 1. The van der Waals surface area contributed by atoms with Gasteiger partial charge in [-0.25, -0.2) is 0 Å². The molecule has 0 bridgehead atoms. The first kappa shape index (κ1) is 8.54. The van der Waals surface area contributed by atoms with E-state index in [9.17, 15) is 0 Å². The van der Waals surface area contributed by atoms with Crippen LogP contribution in [-0.2, 0) is 0 Å². The predicted octanol–water partition coefficient (Wildman–Crippen LogP) is 3.74. The average Bonchev–Trinajstić information content (AvgIpc) is 2.56. The van der Waals surface area contributed by atoms with Crippen molar-refractivity contribution in [2.75, 3.05) is 0 Å². The Kier molecular flexibility index (Phi) is 1.63. The fourth-order valence-electron chi connectivity index (χ4n) is 2.05. The maximum atomic E-state index is 3.38. The van der Waals surface area contributed by atoms with Gasteiger partial charge in [-0.2, -0.15) is 0 Å². The van der Waals surface area contributed by atoms with Gasteiger partial charge in [-0.3, -0.25) is 0 Å². The molecule has 0 saturated heterocycles. The lowest BCUT2D eigenvalue weighted by Crippen LogP contribution is -1.72. The average molecular weight is 194 g/mol. The highest BCUT2D eigenvalue weighted by Crippen LogP contribution is 2.26. The van der Waals surface area contributed by atoms with Crippen molar-refractivity contribution < 1.29 is 0 Å². The molecule has 3 aromatic rings. The lowest BCUT2D eigenvalue weighted by Gasteiger charge is -1.94. The number of H-pyrrole nitrogens is 1. The Morgan fingerprint density at radius 2 is 1.80 bits per heavy atom. The van der Waals surface area contributed by atoms with E-state index in [2.05, 4.69) is 49.2 Å². The minimum absolute atomic E-state index is 1.10. The van der Waals surface area contributed by atoms with E-state index in [-0.39, 0.29) is 0 Å². The van der Waals surface area contributed by atoms with Crippen molar-refractivity contribution in [1.29, 1.82) is 0 Å². The van der Waals surface area contributed by atoms with E-state index in [1.165, 1.54) is 27.4 Å². The van der Waals surface area contributed by atoms with E-state index in [1.807, 2.05) is 6.07 Å². The minimum Gasteiger partial charge on any atom is -0.354 e. The van der Waals surface area contributed by atoms with Gasteiger partial charge in [0, 0.05) is 22.4 Å². The summed E-state index contributed by atoms with van der Waals surface area (Å²) in [4.78, 5) is 3.38. The number of hydrogen-bond acceptors (Lipinski definition) is 0. The normalized spacial score (nSPS) is 11.3. The largest absolute Gasteiger partial charge is 0.354 e. The van der Waals surface area contributed by atoms with Gasteiger partial charge in [0.15, 0.2) is 0 Å². The molecule has 0 atom stereocenters. The highest BCUT2D eigenvalue weighted by atomic mass is 14.7. The van der Waals surface area contributed by atoms with E-state index >= 15 is 0 Å². The second-order valence-corrected chi connectivity index (χ2v) is 4.14. The fraction of sp³-hybridized carbons (Fsp3) is 0.143. The Morgan fingerprint density at radius 3 is 2.67 bits per heavy atom. The highest BCUT2D eigenvalue weighted by molar-refractivity contribution is 6.07. The maximum Gasteiger partial charge on any atom is 0.0545 e. The van der Waals surface area contributed by atoms with Crippen LogP contribution in [-0.4, -0.2) is 4.98 Å². The molecule has 0 spiro atoms. The molecule has 0 saturated carbocycles. The number of rotatable bonds is 0. The zero-order valence-corrected chi connectivity index (χ0v) is 8.89. The summed E-state index contributed by atoms with van der Waals surface area (Å²) >= 11 is 0. The van der Waals surface area contributed by atoms with Crippen molar-refractivity contribution in [2.24, 2.45) is 0 Å². The molecule has 1 heteroatoms. The summed E-state index contributed by atoms with van der Waals surface area (Å²) in [6, 6.07) is 14.0. The van der Waals surface area contributed by atoms with Crippen LogP contribution in [0.1, 0.15) is 11.1 Å². The molecule has 0 aliphatic heterocycles. The Balaban J connectivity index is 2.55. The van der Waals surface area contributed by atoms with Crippen LogP contribution in [0, 0.1) is 19.9 Å². The number of benzene rings is 2. The predicted molar refractivity (Wildman–Crippen MR) is 64.1 cm³/mol. The van der Waals surface area contributed by atoms with Gasteiger partial charge in [0.25, 0.3) is 0 Å². The minimum atomic E-state index is 1.10. The number of aromatic nitrogens is 1. The third kappa shape index (κ3) is 1.23. The molecule has 15 heavy (non-hydrogen) atoms.